The third-order valence-corrected chi connectivity index (χ3v) is 5.54. The van der Waals surface area contributed by atoms with Crippen LogP contribution in [-0.2, 0) is 6.54 Å². The van der Waals surface area contributed by atoms with E-state index in [2.05, 4.69) is 29.2 Å². The Labute approximate surface area is 129 Å². The van der Waals surface area contributed by atoms with E-state index in [0.29, 0.717) is 12.1 Å². The average Bonchev–Trinajstić information content (AvgIpc) is 3.03. The molecule has 0 radical (unpaired) electrons. The minimum atomic E-state index is 0.659. The van der Waals surface area contributed by atoms with Gasteiger partial charge in [0.05, 0.1) is 11.7 Å². The normalized spacial score (nSPS) is 27.9. The minimum absolute atomic E-state index is 0.659. The molecule has 21 heavy (non-hydrogen) atoms. The summed E-state index contributed by atoms with van der Waals surface area (Å²) in [5, 5.41) is 8.55. The molecule has 1 aromatic rings. The lowest BCUT2D eigenvalue weighted by molar-refractivity contribution is 0.277. The van der Waals surface area contributed by atoms with E-state index >= 15 is 0 Å². The molecule has 2 atom stereocenters. The number of hydrogen-bond donors (Lipinski definition) is 1. The van der Waals surface area contributed by atoms with Gasteiger partial charge in [0.1, 0.15) is 0 Å². The fourth-order valence-corrected chi connectivity index (χ4v) is 4.12. The van der Waals surface area contributed by atoms with Gasteiger partial charge in [-0.25, -0.2) is 0 Å². The maximum atomic E-state index is 4.81. The monoisotopic (exact) mass is 289 g/mol. The predicted octanol–water partition coefficient (Wildman–Crippen LogP) is 4.45. The van der Waals surface area contributed by atoms with Crippen LogP contribution in [0.2, 0.25) is 0 Å². The second-order valence-electron chi connectivity index (χ2n) is 7.10. The SMILES string of the molecule is CCC1CCCC(NCc2ccn(C3CCCCC3)n2)C1. The van der Waals surface area contributed by atoms with Crippen molar-refractivity contribution in [1.82, 2.24) is 15.1 Å². The van der Waals surface area contributed by atoms with Gasteiger partial charge < -0.3 is 5.32 Å². The molecule has 2 aliphatic rings. The highest BCUT2D eigenvalue weighted by molar-refractivity contribution is 5.00. The summed E-state index contributed by atoms with van der Waals surface area (Å²) < 4.78 is 2.23. The quantitative estimate of drug-likeness (QED) is 0.868. The molecule has 1 heterocycles. The van der Waals surface area contributed by atoms with Crippen molar-refractivity contribution < 1.29 is 0 Å². The van der Waals surface area contributed by atoms with Crippen LogP contribution in [-0.4, -0.2) is 15.8 Å². The molecule has 2 unspecified atom stereocenters. The predicted molar refractivity (Wildman–Crippen MR) is 87.2 cm³/mol. The summed E-state index contributed by atoms with van der Waals surface area (Å²) in [6, 6.07) is 3.58. The Morgan fingerprint density at radius 1 is 1.14 bits per heavy atom. The molecule has 3 heteroatoms. The first-order chi connectivity index (χ1) is 10.3. The molecular weight excluding hydrogens is 258 g/mol. The van der Waals surface area contributed by atoms with Crippen LogP contribution in [0.3, 0.4) is 0 Å². The van der Waals surface area contributed by atoms with Gasteiger partial charge in [0.15, 0.2) is 0 Å². The van der Waals surface area contributed by atoms with Crippen molar-refractivity contribution in [2.75, 3.05) is 0 Å². The molecule has 0 saturated heterocycles. The van der Waals surface area contributed by atoms with E-state index in [1.807, 2.05) is 0 Å². The molecule has 0 amide bonds. The van der Waals surface area contributed by atoms with Crippen LogP contribution in [0.1, 0.15) is 82.9 Å². The van der Waals surface area contributed by atoms with Crippen LogP contribution in [0.4, 0.5) is 0 Å². The maximum Gasteiger partial charge on any atom is 0.0762 e. The van der Waals surface area contributed by atoms with E-state index in [9.17, 15) is 0 Å². The van der Waals surface area contributed by atoms with E-state index in [4.69, 9.17) is 5.10 Å². The summed E-state index contributed by atoms with van der Waals surface area (Å²) in [6.45, 7) is 3.28. The van der Waals surface area contributed by atoms with Gasteiger partial charge in [0, 0.05) is 18.8 Å². The second-order valence-corrected chi connectivity index (χ2v) is 7.10. The number of rotatable bonds is 5. The van der Waals surface area contributed by atoms with Crippen molar-refractivity contribution in [2.24, 2.45) is 5.92 Å². The van der Waals surface area contributed by atoms with Gasteiger partial charge in [-0.2, -0.15) is 5.10 Å². The van der Waals surface area contributed by atoms with Crippen LogP contribution in [0, 0.1) is 5.92 Å². The Hall–Kier alpha value is -0.830. The van der Waals surface area contributed by atoms with Crippen molar-refractivity contribution in [3.05, 3.63) is 18.0 Å². The molecule has 1 aromatic heterocycles. The lowest BCUT2D eigenvalue weighted by atomic mass is 9.84. The molecule has 2 saturated carbocycles. The molecule has 0 aromatic carbocycles. The molecule has 3 rings (SSSR count). The van der Waals surface area contributed by atoms with Gasteiger partial charge in [-0.3, -0.25) is 4.68 Å². The summed E-state index contributed by atoms with van der Waals surface area (Å²) >= 11 is 0. The van der Waals surface area contributed by atoms with Crippen molar-refractivity contribution in [3.8, 4) is 0 Å². The fraction of sp³-hybridized carbons (Fsp3) is 0.833. The van der Waals surface area contributed by atoms with Gasteiger partial charge in [-0.1, -0.05) is 45.4 Å². The van der Waals surface area contributed by atoms with Crippen LogP contribution < -0.4 is 5.32 Å². The van der Waals surface area contributed by atoms with Crippen LogP contribution in [0.25, 0.3) is 0 Å². The lowest BCUT2D eigenvalue weighted by Crippen LogP contribution is -2.33. The van der Waals surface area contributed by atoms with Gasteiger partial charge in [-0.15, -0.1) is 0 Å². The largest absolute Gasteiger partial charge is 0.308 e. The number of nitrogens with zero attached hydrogens (tertiary/aromatic N) is 2. The fourth-order valence-electron chi connectivity index (χ4n) is 4.12. The summed E-state index contributed by atoms with van der Waals surface area (Å²) in [7, 11) is 0. The second kappa shape index (κ2) is 7.44. The van der Waals surface area contributed by atoms with Crippen LogP contribution >= 0.6 is 0 Å². The number of aromatic nitrogens is 2. The summed E-state index contributed by atoms with van der Waals surface area (Å²) in [6.07, 6.45) is 15.9. The van der Waals surface area contributed by atoms with Crippen molar-refractivity contribution >= 4 is 0 Å². The zero-order valence-corrected chi connectivity index (χ0v) is 13.6. The molecule has 0 bridgehead atoms. The molecule has 1 N–H and O–H groups in total. The first kappa shape index (κ1) is 15.1. The van der Waals surface area contributed by atoms with Gasteiger partial charge in [0.2, 0.25) is 0 Å². The molecule has 118 valence electrons. The number of nitrogens with one attached hydrogen (secondary N) is 1. The van der Waals surface area contributed by atoms with Gasteiger partial charge in [-0.05, 0) is 37.7 Å². The standard InChI is InChI=1S/C18H31N3/c1-2-15-7-6-8-16(13-15)19-14-17-11-12-21(20-17)18-9-4-3-5-10-18/h11-12,15-16,18-19H,2-10,13-14H2,1H3. The first-order valence-electron chi connectivity index (χ1n) is 9.12. The third-order valence-electron chi connectivity index (χ3n) is 5.54. The van der Waals surface area contributed by atoms with Crippen molar-refractivity contribution in [3.63, 3.8) is 0 Å². The smallest absolute Gasteiger partial charge is 0.0762 e. The third kappa shape index (κ3) is 4.09. The highest BCUT2D eigenvalue weighted by Gasteiger charge is 2.21. The molecule has 3 nitrogen and oxygen atoms in total. The van der Waals surface area contributed by atoms with E-state index in [-0.39, 0.29) is 0 Å². The molecule has 2 fully saturated rings. The summed E-state index contributed by atoms with van der Waals surface area (Å²) in [5.74, 6) is 0.941. The van der Waals surface area contributed by atoms with Gasteiger partial charge >= 0.3 is 0 Å². The maximum absolute atomic E-state index is 4.81. The highest BCUT2D eigenvalue weighted by Crippen LogP contribution is 2.28. The zero-order valence-electron chi connectivity index (χ0n) is 13.6. The van der Waals surface area contributed by atoms with Crippen LogP contribution in [0.15, 0.2) is 12.3 Å². The molecule has 0 aliphatic heterocycles. The Bertz CT molecular complexity index is 420. The van der Waals surface area contributed by atoms with E-state index < -0.39 is 0 Å². The van der Waals surface area contributed by atoms with Crippen LogP contribution in [0.5, 0.6) is 0 Å². The Morgan fingerprint density at radius 3 is 2.81 bits per heavy atom. The number of hydrogen-bond acceptors (Lipinski definition) is 2. The average molecular weight is 289 g/mol. The Morgan fingerprint density at radius 2 is 2.00 bits per heavy atom. The van der Waals surface area contributed by atoms with Crippen molar-refractivity contribution in [2.45, 2.75) is 89.8 Å². The topological polar surface area (TPSA) is 29.9 Å². The lowest BCUT2D eigenvalue weighted by Gasteiger charge is -2.29. The van der Waals surface area contributed by atoms with E-state index in [1.165, 1.54) is 69.9 Å². The first-order valence-corrected chi connectivity index (χ1v) is 9.12. The highest BCUT2D eigenvalue weighted by atomic mass is 15.3. The zero-order chi connectivity index (χ0) is 14.5. The Balaban J connectivity index is 1.48. The summed E-state index contributed by atoms with van der Waals surface area (Å²) in [4.78, 5) is 0. The van der Waals surface area contributed by atoms with E-state index in [1.54, 1.807) is 0 Å². The van der Waals surface area contributed by atoms with Crippen molar-refractivity contribution in [1.29, 1.82) is 0 Å². The van der Waals surface area contributed by atoms with E-state index in [0.717, 1.165) is 12.5 Å². The molecule has 0 spiro atoms. The molecule has 2 aliphatic carbocycles. The Kier molecular flexibility index (Phi) is 5.34. The molecular formula is C18H31N3. The van der Waals surface area contributed by atoms with Gasteiger partial charge in [0.25, 0.3) is 0 Å². The minimum Gasteiger partial charge on any atom is -0.308 e. The summed E-state index contributed by atoms with van der Waals surface area (Å²) in [5.41, 5.74) is 1.22.